The highest BCUT2D eigenvalue weighted by Gasteiger charge is 2.21. The van der Waals surface area contributed by atoms with Crippen LogP contribution in [0.5, 0.6) is 0 Å². The van der Waals surface area contributed by atoms with Crippen molar-refractivity contribution in [3.8, 4) is 0 Å². The van der Waals surface area contributed by atoms with E-state index in [2.05, 4.69) is 6.92 Å². The van der Waals surface area contributed by atoms with Crippen LogP contribution in [0.15, 0.2) is 0 Å². The Morgan fingerprint density at radius 2 is 2.00 bits per heavy atom. The molecule has 1 atom stereocenters. The second-order valence-corrected chi connectivity index (χ2v) is 5.16. The Hall–Kier alpha value is -1.14. The van der Waals surface area contributed by atoms with Crippen LogP contribution in [0.1, 0.15) is 32.6 Å². The highest BCUT2D eigenvalue weighted by molar-refractivity contribution is 5.76. The molecule has 110 valence electrons. The number of carboxylic acid groups (broad SMARTS) is 1. The maximum Gasteiger partial charge on any atom is 0.317 e. The van der Waals surface area contributed by atoms with E-state index in [1.807, 2.05) is 9.80 Å². The molecular formula is C13H25N3O3. The van der Waals surface area contributed by atoms with Gasteiger partial charge < -0.3 is 15.7 Å². The lowest BCUT2D eigenvalue weighted by molar-refractivity contribution is -0.138. The Kier molecular flexibility index (Phi) is 6.80. The van der Waals surface area contributed by atoms with Crippen molar-refractivity contribution in [2.45, 2.75) is 38.6 Å². The fraction of sp³-hybridized carbons (Fsp3) is 0.846. The largest absolute Gasteiger partial charge is 0.480 e. The summed E-state index contributed by atoms with van der Waals surface area (Å²) < 4.78 is 0. The summed E-state index contributed by atoms with van der Waals surface area (Å²) in [5, 5.41) is 8.77. The predicted molar refractivity (Wildman–Crippen MR) is 72.8 cm³/mol. The number of carboxylic acids is 1. The molecule has 1 unspecified atom stereocenters. The third-order valence-electron chi connectivity index (χ3n) is 3.40. The quantitative estimate of drug-likeness (QED) is 0.716. The summed E-state index contributed by atoms with van der Waals surface area (Å²) in [6, 6.07) is -0.0594. The number of rotatable bonds is 6. The molecule has 19 heavy (non-hydrogen) atoms. The lowest BCUT2D eigenvalue weighted by Gasteiger charge is -2.22. The molecule has 1 aliphatic rings. The van der Waals surface area contributed by atoms with Gasteiger partial charge in [-0.15, -0.1) is 0 Å². The van der Waals surface area contributed by atoms with Crippen molar-refractivity contribution in [3.63, 3.8) is 0 Å². The first-order valence-electron chi connectivity index (χ1n) is 7.00. The number of carbonyl (C=O) groups is 2. The molecule has 1 saturated heterocycles. The summed E-state index contributed by atoms with van der Waals surface area (Å²) in [5.74, 6) is -0.720. The summed E-state index contributed by atoms with van der Waals surface area (Å²) in [5.41, 5.74) is 5.89. The number of hydrogen-bond acceptors (Lipinski definition) is 4. The maximum atomic E-state index is 12.1. The van der Waals surface area contributed by atoms with E-state index in [4.69, 9.17) is 10.8 Å². The standard InChI is InChI=1S/C13H25N3O3/c1-2-4-11(14)9-12(17)16-6-3-5-15(7-8-16)10-13(18)19/h11H,2-10,14H2,1H3,(H,18,19). The van der Waals surface area contributed by atoms with Gasteiger partial charge in [0.25, 0.3) is 0 Å². The van der Waals surface area contributed by atoms with Crippen molar-refractivity contribution < 1.29 is 14.7 Å². The van der Waals surface area contributed by atoms with Gasteiger partial charge in [0.1, 0.15) is 0 Å². The van der Waals surface area contributed by atoms with Crippen molar-refractivity contribution in [2.24, 2.45) is 5.73 Å². The van der Waals surface area contributed by atoms with Crippen LogP contribution < -0.4 is 5.73 Å². The third kappa shape index (κ3) is 6.02. The minimum absolute atomic E-state index is 0.0530. The van der Waals surface area contributed by atoms with Gasteiger partial charge in [-0.2, -0.15) is 0 Å². The number of amides is 1. The van der Waals surface area contributed by atoms with Crippen LogP contribution in [0.3, 0.4) is 0 Å². The van der Waals surface area contributed by atoms with E-state index in [1.54, 1.807) is 0 Å². The number of nitrogens with two attached hydrogens (primary N) is 1. The van der Waals surface area contributed by atoms with Crippen LogP contribution in [0.25, 0.3) is 0 Å². The molecule has 0 spiro atoms. The summed E-state index contributed by atoms with van der Waals surface area (Å²) in [6.07, 6.45) is 3.07. The normalized spacial score (nSPS) is 18.9. The lowest BCUT2D eigenvalue weighted by atomic mass is 10.1. The summed E-state index contributed by atoms with van der Waals surface area (Å²) >= 11 is 0. The summed E-state index contributed by atoms with van der Waals surface area (Å²) in [4.78, 5) is 26.4. The highest BCUT2D eigenvalue weighted by Crippen LogP contribution is 2.07. The van der Waals surface area contributed by atoms with E-state index >= 15 is 0 Å². The molecule has 0 radical (unpaired) electrons. The van der Waals surface area contributed by atoms with Gasteiger partial charge in [-0.3, -0.25) is 14.5 Å². The molecule has 1 amide bonds. The molecule has 6 heteroatoms. The van der Waals surface area contributed by atoms with Gasteiger partial charge in [0.05, 0.1) is 6.54 Å². The molecule has 3 N–H and O–H groups in total. The van der Waals surface area contributed by atoms with Crippen LogP contribution in [0.4, 0.5) is 0 Å². The molecule has 0 aliphatic carbocycles. The van der Waals surface area contributed by atoms with Crippen LogP contribution in [0.2, 0.25) is 0 Å². The zero-order valence-corrected chi connectivity index (χ0v) is 11.7. The molecular weight excluding hydrogens is 246 g/mol. The Labute approximate surface area is 114 Å². The van der Waals surface area contributed by atoms with E-state index < -0.39 is 5.97 Å². The molecule has 1 aliphatic heterocycles. The first-order valence-corrected chi connectivity index (χ1v) is 7.00. The second-order valence-electron chi connectivity index (χ2n) is 5.16. The monoisotopic (exact) mass is 271 g/mol. The van der Waals surface area contributed by atoms with Crippen LogP contribution in [-0.2, 0) is 9.59 Å². The zero-order chi connectivity index (χ0) is 14.3. The molecule has 6 nitrogen and oxygen atoms in total. The molecule has 0 aromatic rings. The predicted octanol–water partition coefficient (Wildman–Crippen LogP) is 0.123. The summed E-state index contributed by atoms with van der Waals surface area (Å²) in [6.45, 7) is 4.77. The highest BCUT2D eigenvalue weighted by atomic mass is 16.4. The topological polar surface area (TPSA) is 86.9 Å². The van der Waals surface area contributed by atoms with E-state index in [9.17, 15) is 9.59 Å². The molecule has 0 aromatic heterocycles. The van der Waals surface area contributed by atoms with Gasteiger partial charge in [0.15, 0.2) is 0 Å². The van der Waals surface area contributed by atoms with Crippen LogP contribution in [-0.4, -0.2) is 65.5 Å². The minimum atomic E-state index is -0.815. The average Bonchev–Trinajstić information content (AvgIpc) is 2.54. The number of aliphatic carboxylic acids is 1. The molecule has 0 bridgehead atoms. The number of hydrogen-bond donors (Lipinski definition) is 2. The van der Waals surface area contributed by atoms with E-state index in [1.165, 1.54) is 0 Å². The van der Waals surface area contributed by atoms with Gasteiger partial charge in [0.2, 0.25) is 5.91 Å². The molecule has 1 fully saturated rings. The number of nitrogens with zero attached hydrogens (tertiary/aromatic N) is 2. The second kappa shape index (κ2) is 8.12. The van der Waals surface area contributed by atoms with Gasteiger partial charge >= 0.3 is 5.97 Å². The van der Waals surface area contributed by atoms with Crippen molar-refractivity contribution in [1.29, 1.82) is 0 Å². The SMILES string of the molecule is CCCC(N)CC(=O)N1CCCN(CC(=O)O)CC1. The molecule has 0 aromatic carbocycles. The van der Waals surface area contributed by atoms with Gasteiger partial charge in [-0.05, 0) is 12.8 Å². The van der Waals surface area contributed by atoms with Gasteiger partial charge in [0, 0.05) is 38.6 Å². The van der Waals surface area contributed by atoms with E-state index in [0.717, 1.165) is 25.8 Å². The first kappa shape index (κ1) is 15.9. The fourth-order valence-electron chi connectivity index (χ4n) is 2.40. The Balaban J connectivity index is 2.39. The smallest absolute Gasteiger partial charge is 0.317 e. The van der Waals surface area contributed by atoms with E-state index in [-0.39, 0.29) is 18.5 Å². The number of carbonyl (C=O) groups excluding carboxylic acids is 1. The molecule has 1 heterocycles. The average molecular weight is 271 g/mol. The zero-order valence-electron chi connectivity index (χ0n) is 11.7. The fourth-order valence-corrected chi connectivity index (χ4v) is 2.40. The van der Waals surface area contributed by atoms with Crippen molar-refractivity contribution in [3.05, 3.63) is 0 Å². The first-order chi connectivity index (χ1) is 9.02. The van der Waals surface area contributed by atoms with Gasteiger partial charge in [-0.1, -0.05) is 13.3 Å². The van der Waals surface area contributed by atoms with Crippen molar-refractivity contribution >= 4 is 11.9 Å². The van der Waals surface area contributed by atoms with Crippen LogP contribution >= 0.6 is 0 Å². The Morgan fingerprint density at radius 3 is 2.63 bits per heavy atom. The van der Waals surface area contributed by atoms with Crippen LogP contribution in [0, 0.1) is 0 Å². The third-order valence-corrected chi connectivity index (χ3v) is 3.40. The Bertz CT molecular complexity index is 310. The van der Waals surface area contributed by atoms with E-state index in [0.29, 0.717) is 26.1 Å². The molecule has 0 saturated carbocycles. The maximum absolute atomic E-state index is 12.1. The Morgan fingerprint density at radius 1 is 1.26 bits per heavy atom. The van der Waals surface area contributed by atoms with Gasteiger partial charge in [-0.25, -0.2) is 0 Å². The lowest BCUT2D eigenvalue weighted by Crippen LogP contribution is -2.39. The van der Waals surface area contributed by atoms with Crippen molar-refractivity contribution in [2.75, 3.05) is 32.7 Å². The summed E-state index contributed by atoms with van der Waals surface area (Å²) in [7, 11) is 0. The van der Waals surface area contributed by atoms with Crippen molar-refractivity contribution in [1.82, 2.24) is 9.80 Å². The molecule has 1 rings (SSSR count). The minimum Gasteiger partial charge on any atom is -0.480 e.